The number of nitrogens with one attached hydrogen (secondary N) is 1. The van der Waals surface area contributed by atoms with Crippen LogP contribution in [0.5, 0.6) is 0 Å². The Bertz CT molecular complexity index is 285. The lowest BCUT2D eigenvalue weighted by molar-refractivity contribution is -0.255. The van der Waals surface area contributed by atoms with Gasteiger partial charge in [0.05, 0.1) is 17.4 Å². The van der Waals surface area contributed by atoms with Crippen LogP contribution in [0, 0.1) is 5.53 Å². The fraction of sp³-hybridized carbons (Fsp3) is 0.750. The Hall–Kier alpha value is -0.980. The average molecular weight is 200 g/mol. The number of hydroxylamine groups is 4. The number of hydrogen-bond donors (Lipinski definition) is 3. The minimum atomic E-state index is -0.917. The van der Waals surface area contributed by atoms with Crippen LogP contribution in [0.15, 0.2) is 17.0 Å². The maximum atomic E-state index is 9.84. The second-order valence-corrected chi connectivity index (χ2v) is 4.32. The number of nitrogens with zero attached hydrogens (tertiary/aromatic N) is 3. The first-order chi connectivity index (χ1) is 6.26. The summed E-state index contributed by atoms with van der Waals surface area (Å²) in [5.41, 5.74) is 5.45. The molecule has 0 unspecified atom stereocenters. The van der Waals surface area contributed by atoms with Crippen LogP contribution >= 0.6 is 0 Å². The smallest absolute Gasteiger partial charge is 0.136 e. The zero-order valence-corrected chi connectivity index (χ0v) is 8.81. The van der Waals surface area contributed by atoms with Crippen molar-refractivity contribution in [2.75, 3.05) is 0 Å². The molecule has 6 heteroatoms. The maximum absolute atomic E-state index is 9.84. The second-order valence-electron chi connectivity index (χ2n) is 4.32. The minimum absolute atomic E-state index is 0.389. The Morgan fingerprint density at radius 3 is 2.07 bits per heavy atom. The van der Waals surface area contributed by atoms with E-state index in [1.807, 2.05) is 0 Å². The van der Waals surface area contributed by atoms with Crippen molar-refractivity contribution < 1.29 is 10.4 Å². The van der Waals surface area contributed by atoms with Crippen molar-refractivity contribution in [3.05, 3.63) is 11.9 Å². The Kier molecular flexibility index (Phi) is 2.39. The van der Waals surface area contributed by atoms with Crippen LogP contribution in [-0.2, 0) is 0 Å². The van der Waals surface area contributed by atoms with E-state index in [1.54, 1.807) is 27.7 Å². The molecule has 0 aromatic heterocycles. The third-order valence-corrected chi connectivity index (χ3v) is 2.61. The number of hydrogen-bond acceptors (Lipinski definition) is 6. The van der Waals surface area contributed by atoms with Gasteiger partial charge in [-0.2, -0.15) is 10.2 Å². The fourth-order valence-corrected chi connectivity index (χ4v) is 1.71. The predicted octanol–water partition coefficient (Wildman–Crippen LogP) is 1.77. The summed E-state index contributed by atoms with van der Waals surface area (Å²) >= 11 is 0. The van der Waals surface area contributed by atoms with E-state index in [2.05, 4.69) is 5.11 Å². The van der Waals surface area contributed by atoms with Crippen LogP contribution in [0.1, 0.15) is 27.7 Å². The molecule has 0 amide bonds. The summed E-state index contributed by atoms with van der Waals surface area (Å²) in [6.45, 7) is 6.81. The van der Waals surface area contributed by atoms with Crippen molar-refractivity contribution in [2.24, 2.45) is 5.11 Å². The fourth-order valence-electron chi connectivity index (χ4n) is 1.71. The van der Waals surface area contributed by atoms with Crippen molar-refractivity contribution >= 4 is 0 Å². The van der Waals surface area contributed by atoms with Crippen LogP contribution in [-0.4, -0.2) is 31.7 Å². The molecule has 1 fully saturated rings. The Morgan fingerprint density at radius 1 is 1.29 bits per heavy atom. The molecule has 0 saturated carbocycles. The van der Waals surface area contributed by atoms with Gasteiger partial charge in [0.2, 0.25) is 0 Å². The van der Waals surface area contributed by atoms with Gasteiger partial charge in [-0.1, -0.05) is 0 Å². The van der Waals surface area contributed by atoms with Gasteiger partial charge in [-0.15, -0.1) is 0 Å². The largest absolute Gasteiger partial charge is 0.311 e. The minimum Gasteiger partial charge on any atom is -0.311 e. The van der Waals surface area contributed by atoms with Crippen molar-refractivity contribution in [3.63, 3.8) is 0 Å². The molecule has 1 aliphatic heterocycles. The van der Waals surface area contributed by atoms with E-state index in [0.717, 1.165) is 10.1 Å². The lowest BCUT2D eigenvalue weighted by atomic mass is 10.0. The first-order valence-electron chi connectivity index (χ1n) is 4.31. The van der Waals surface area contributed by atoms with E-state index in [-0.39, 0.29) is 0 Å². The van der Waals surface area contributed by atoms with Crippen molar-refractivity contribution in [2.45, 2.75) is 38.9 Å². The van der Waals surface area contributed by atoms with Crippen molar-refractivity contribution in [1.29, 1.82) is 5.53 Å². The van der Waals surface area contributed by atoms with E-state index >= 15 is 0 Å². The van der Waals surface area contributed by atoms with E-state index < -0.39 is 11.2 Å². The van der Waals surface area contributed by atoms with E-state index in [4.69, 9.17) is 5.53 Å². The molecule has 0 spiro atoms. The molecule has 0 aliphatic carbocycles. The van der Waals surface area contributed by atoms with Crippen LogP contribution in [0.25, 0.3) is 0 Å². The Labute approximate surface area is 82.9 Å². The molecule has 1 saturated heterocycles. The van der Waals surface area contributed by atoms with E-state index in [9.17, 15) is 10.4 Å². The SMILES string of the molecule is CC1(C)/C(=C/N=N)N(O)C(C)(C)N1O. The molecule has 0 aromatic carbocycles. The highest BCUT2D eigenvalue weighted by molar-refractivity contribution is 5.21. The highest BCUT2D eigenvalue weighted by Gasteiger charge is 2.53. The van der Waals surface area contributed by atoms with Crippen molar-refractivity contribution in [1.82, 2.24) is 10.1 Å². The third-order valence-electron chi connectivity index (χ3n) is 2.61. The third kappa shape index (κ3) is 1.23. The van der Waals surface area contributed by atoms with Crippen LogP contribution in [0.3, 0.4) is 0 Å². The molecule has 0 radical (unpaired) electrons. The highest BCUT2D eigenvalue weighted by atomic mass is 16.6. The molecular formula is C8H16N4O2. The highest BCUT2D eigenvalue weighted by Crippen LogP contribution is 2.41. The van der Waals surface area contributed by atoms with Gasteiger partial charge in [0.15, 0.2) is 0 Å². The molecule has 6 nitrogen and oxygen atoms in total. The lowest BCUT2D eigenvalue weighted by Gasteiger charge is -2.33. The number of rotatable bonds is 1. The van der Waals surface area contributed by atoms with Crippen LogP contribution in [0.4, 0.5) is 0 Å². The normalized spacial score (nSPS) is 28.4. The molecule has 0 atom stereocenters. The van der Waals surface area contributed by atoms with Gasteiger partial charge < -0.3 is 5.21 Å². The quantitative estimate of drug-likeness (QED) is 0.563. The molecule has 1 rings (SSSR count). The maximum Gasteiger partial charge on any atom is 0.136 e. The van der Waals surface area contributed by atoms with Crippen molar-refractivity contribution in [3.8, 4) is 0 Å². The van der Waals surface area contributed by atoms with Gasteiger partial charge in [0.25, 0.3) is 0 Å². The summed E-state index contributed by atoms with van der Waals surface area (Å²) in [5.74, 6) is 0. The van der Waals surface area contributed by atoms with E-state index in [0.29, 0.717) is 5.70 Å². The summed E-state index contributed by atoms with van der Waals surface area (Å²) in [6.07, 6.45) is 1.22. The molecule has 1 aliphatic rings. The second kappa shape index (κ2) is 3.01. The van der Waals surface area contributed by atoms with E-state index in [1.165, 1.54) is 6.20 Å². The molecule has 0 bridgehead atoms. The first-order valence-corrected chi connectivity index (χ1v) is 4.31. The summed E-state index contributed by atoms with van der Waals surface area (Å²) in [4.78, 5) is 0. The topological polar surface area (TPSA) is 83.2 Å². The summed E-state index contributed by atoms with van der Waals surface area (Å²) < 4.78 is 0. The average Bonchev–Trinajstić information content (AvgIpc) is 2.19. The van der Waals surface area contributed by atoms with Gasteiger partial charge in [-0.3, -0.25) is 5.21 Å². The van der Waals surface area contributed by atoms with Gasteiger partial charge in [0.1, 0.15) is 5.66 Å². The van der Waals surface area contributed by atoms with Gasteiger partial charge in [0, 0.05) is 0 Å². The molecule has 1 heterocycles. The van der Waals surface area contributed by atoms with Gasteiger partial charge >= 0.3 is 0 Å². The molecular weight excluding hydrogens is 184 g/mol. The summed E-state index contributed by atoms with van der Waals surface area (Å²) in [7, 11) is 0. The summed E-state index contributed by atoms with van der Waals surface area (Å²) in [6, 6.07) is 0. The molecule has 3 N–H and O–H groups in total. The van der Waals surface area contributed by atoms with Gasteiger partial charge in [-0.25, -0.2) is 10.6 Å². The molecule has 0 aromatic rings. The lowest BCUT2D eigenvalue weighted by Crippen LogP contribution is -2.49. The zero-order chi connectivity index (χ0) is 11.1. The Morgan fingerprint density at radius 2 is 1.79 bits per heavy atom. The molecule has 14 heavy (non-hydrogen) atoms. The summed E-state index contributed by atoms with van der Waals surface area (Å²) in [5, 5.41) is 24.7. The van der Waals surface area contributed by atoms with Gasteiger partial charge in [-0.05, 0) is 27.7 Å². The van der Waals surface area contributed by atoms with Crippen LogP contribution in [0.2, 0.25) is 0 Å². The standard InChI is InChI=1S/C8H16N4O2/c1-7(2)6(5-10-9)11(13)8(3,4)12(7)14/h5,9,13-14H,1-4H3/b6-5-,10-9?. The Balaban J connectivity index is 3.23. The monoisotopic (exact) mass is 200 g/mol. The zero-order valence-electron chi connectivity index (χ0n) is 8.81. The van der Waals surface area contributed by atoms with Crippen LogP contribution < -0.4 is 0 Å². The first kappa shape index (κ1) is 11.1. The predicted molar refractivity (Wildman–Crippen MR) is 48.6 cm³/mol. The molecule has 80 valence electrons.